The van der Waals surface area contributed by atoms with Crippen molar-refractivity contribution in [2.75, 3.05) is 18.1 Å². The van der Waals surface area contributed by atoms with E-state index in [0.29, 0.717) is 31.1 Å². The summed E-state index contributed by atoms with van der Waals surface area (Å²) < 4.78 is 8.28. The second-order valence-corrected chi connectivity index (χ2v) is 9.53. The van der Waals surface area contributed by atoms with E-state index in [1.807, 2.05) is 73.3 Å². The fourth-order valence-electron chi connectivity index (χ4n) is 4.64. The number of carbonyl (C=O) groups is 1. The number of hydrogen-bond donors (Lipinski definition) is 0. The van der Waals surface area contributed by atoms with Crippen molar-refractivity contribution in [3.63, 3.8) is 0 Å². The largest absolute Gasteiger partial charge is 0.492 e. The third-order valence-electron chi connectivity index (χ3n) is 6.31. The number of benzene rings is 3. The SMILES string of the molecule is Cc1cc(OCCn2c(C3CC(=O)N(c4ccc(Cl)cc4)C3)nc3ccccc32)cc(C)c1Cl. The first-order valence-electron chi connectivity index (χ1n) is 11.3. The van der Waals surface area contributed by atoms with E-state index in [-0.39, 0.29) is 11.8 Å². The van der Waals surface area contributed by atoms with Crippen molar-refractivity contribution in [1.29, 1.82) is 0 Å². The van der Waals surface area contributed by atoms with Crippen LogP contribution in [0.4, 0.5) is 5.69 Å². The Labute approximate surface area is 208 Å². The zero-order valence-electron chi connectivity index (χ0n) is 19.1. The zero-order valence-corrected chi connectivity index (χ0v) is 20.6. The van der Waals surface area contributed by atoms with Crippen LogP contribution in [0.15, 0.2) is 60.7 Å². The molecule has 0 bridgehead atoms. The molecule has 1 amide bonds. The summed E-state index contributed by atoms with van der Waals surface area (Å²) in [5, 5.41) is 1.42. The van der Waals surface area contributed by atoms with Gasteiger partial charge in [-0.2, -0.15) is 0 Å². The van der Waals surface area contributed by atoms with Crippen molar-refractivity contribution >= 4 is 45.8 Å². The number of nitrogens with zero attached hydrogens (tertiary/aromatic N) is 3. The van der Waals surface area contributed by atoms with Gasteiger partial charge >= 0.3 is 0 Å². The highest BCUT2D eigenvalue weighted by Crippen LogP contribution is 2.34. The molecular formula is C27H25Cl2N3O2. The summed E-state index contributed by atoms with van der Waals surface area (Å²) in [7, 11) is 0. The third kappa shape index (κ3) is 4.38. The number of para-hydroxylation sites is 2. The van der Waals surface area contributed by atoms with E-state index < -0.39 is 0 Å². The minimum atomic E-state index is -0.00408. The van der Waals surface area contributed by atoms with Gasteiger partial charge in [0, 0.05) is 34.6 Å². The molecule has 0 aliphatic carbocycles. The van der Waals surface area contributed by atoms with Crippen LogP contribution in [0.5, 0.6) is 5.75 Å². The molecule has 0 spiro atoms. The number of hydrogen-bond acceptors (Lipinski definition) is 3. The smallest absolute Gasteiger partial charge is 0.227 e. The fourth-order valence-corrected chi connectivity index (χ4v) is 4.87. The second kappa shape index (κ2) is 9.32. The van der Waals surface area contributed by atoms with E-state index >= 15 is 0 Å². The third-order valence-corrected chi connectivity index (χ3v) is 7.15. The number of rotatable bonds is 6. The first kappa shape index (κ1) is 22.8. The van der Waals surface area contributed by atoms with E-state index in [1.165, 1.54) is 0 Å². The lowest BCUT2D eigenvalue weighted by molar-refractivity contribution is -0.117. The van der Waals surface area contributed by atoms with Gasteiger partial charge in [-0.15, -0.1) is 0 Å². The van der Waals surface area contributed by atoms with E-state index in [4.69, 9.17) is 32.9 Å². The quantitative estimate of drug-likeness (QED) is 0.305. The number of aryl methyl sites for hydroxylation is 2. The number of halogens is 2. The van der Waals surface area contributed by atoms with Crippen LogP contribution in [0.2, 0.25) is 10.0 Å². The Kier molecular flexibility index (Phi) is 6.24. The Morgan fingerprint density at radius 3 is 2.47 bits per heavy atom. The van der Waals surface area contributed by atoms with Crippen molar-refractivity contribution in [3.8, 4) is 5.75 Å². The molecule has 174 valence electrons. The monoisotopic (exact) mass is 493 g/mol. The number of ether oxygens (including phenoxy) is 1. The van der Waals surface area contributed by atoms with E-state index in [0.717, 1.165) is 44.4 Å². The van der Waals surface area contributed by atoms with Gasteiger partial charge in [0.05, 0.1) is 17.6 Å². The van der Waals surface area contributed by atoms with Gasteiger partial charge < -0.3 is 14.2 Å². The average Bonchev–Trinajstić information content (AvgIpc) is 3.38. The molecule has 2 heterocycles. The summed E-state index contributed by atoms with van der Waals surface area (Å²) >= 11 is 12.3. The second-order valence-electron chi connectivity index (χ2n) is 8.71. The van der Waals surface area contributed by atoms with Gasteiger partial charge in [0.25, 0.3) is 0 Å². The van der Waals surface area contributed by atoms with Gasteiger partial charge in [-0.1, -0.05) is 35.3 Å². The molecule has 7 heteroatoms. The van der Waals surface area contributed by atoms with Crippen molar-refractivity contribution in [2.24, 2.45) is 0 Å². The van der Waals surface area contributed by atoms with Crippen LogP contribution in [0.1, 0.15) is 29.3 Å². The first-order chi connectivity index (χ1) is 16.4. The summed E-state index contributed by atoms with van der Waals surface area (Å²) in [6.45, 7) is 5.65. The fraction of sp³-hybridized carbons (Fsp3) is 0.259. The number of carbonyl (C=O) groups excluding carboxylic acids is 1. The Bertz CT molecular complexity index is 1340. The highest BCUT2D eigenvalue weighted by molar-refractivity contribution is 6.32. The lowest BCUT2D eigenvalue weighted by Crippen LogP contribution is -2.24. The van der Waals surface area contributed by atoms with Crippen LogP contribution in [0.25, 0.3) is 11.0 Å². The summed E-state index contributed by atoms with van der Waals surface area (Å²) in [5.74, 6) is 1.80. The standard InChI is InChI=1S/C27H25Cl2N3O2/c1-17-13-22(14-18(2)26(17)29)34-12-11-31-24-6-4-3-5-23(24)30-27(31)19-15-25(33)32(16-19)21-9-7-20(28)8-10-21/h3-10,13-14,19H,11-12,15-16H2,1-2H3. The molecular weight excluding hydrogens is 469 g/mol. The molecule has 1 atom stereocenters. The van der Waals surface area contributed by atoms with Crippen LogP contribution in [0, 0.1) is 13.8 Å². The van der Waals surface area contributed by atoms with E-state index in [9.17, 15) is 4.79 Å². The van der Waals surface area contributed by atoms with E-state index in [2.05, 4.69) is 10.6 Å². The highest BCUT2D eigenvalue weighted by atomic mass is 35.5. The minimum Gasteiger partial charge on any atom is -0.492 e. The number of imidazole rings is 1. The highest BCUT2D eigenvalue weighted by Gasteiger charge is 2.34. The van der Waals surface area contributed by atoms with E-state index in [1.54, 1.807) is 0 Å². The summed E-state index contributed by atoms with van der Waals surface area (Å²) in [6.07, 6.45) is 0.419. The zero-order chi connectivity index (χ0) is 23.8. The van der Waals surface area contributed by atoms with Crippen molar-refractivity contribution in [3.05, 3.63) is 87.7 Å². The number of aromatic nitrogens is 2. The number of amides is 1. The normalized spacial score (nSPS) is 15.9. The van der Waals surface area contributed by atoms with Gasteiger partial charge in [-0.3, -0.25) is 4.79 Å². The summed E-state index contributed by atoms with van der Waals surface area (Å²) in [5.41, 5.74) is 4.82. The van der Waals surface area contributed by atoms with Crippen LogP contribution in [0.3, 0.4) is 0 Å². The van der Waals surface area contributed by atoms with Gasteiger partial charge in [-0.05, 0) is 73.5 Å². The van der Waals surface area contributed by atoms with Crippen molar-refractivity contribution in [2.45, 2.75) is 32.7 Å². The molecule has 3 aromatic carbocycles. The van der Waals surface area contributed by atoms with Gasteiger partial charge in [0.2, 0.25) is 5.91 Å². The van der Waals surface area contributed by atoms with Crippen molar-refractivity contribution in [1.82, 2.24) is 9.55 Å². The Morgan fingerprint density at radius 1 is 1.03 bits per heavy atom. The van der Waals surface area contributed by atoms with Crippen LogP contribution >= 0.6 is 23.2 Å². The van der Waals surface area contributed by atoms with Crippen LogP contribution in [-0.4, -0.2) is 28.6 Å². The Morgan fingerprint density at radius 2 is 1.74 bits per heavy atom. The molecule has 1 saturated heterocycles. The molecule has 5 rings (SSSR count). The van der Waals surface area contributed by atoms with Gasteiger partial charge in [0.15, 0.2) is 0 Å². The number of fused-ring (bicyclic) bond motifs is 1. The molecule has 0 saturated carbocycles. The molecule has 1 aliphatic heterocycles. The lowest BCUT2D eigenvalue weighted by atomic mass is 10.1. The molecule has 34 heavy (non-hydrogen) atoms. The maximum Gasteiger partial charge on any atom is 0.227 e. The Hall–Kier alpha value is -3.02. The van der Waals surface area contributed by atoms with Crippen LogP contribution < -0.4 is 9.64 Å². The molecule has 5 nitrogen and oxygen atoms in total. The predicted molar refractivity (Wildman–Crippen MR) is 137 cm³/mol. The first-order valence-corrected chi connectivity index (χ1v) is 12.1. The number of anilines is 1. The molecule has 1 unspecified atom stereocenters. The predicted octanol–water partition coefficient (Wildman–Crippen LogP) is 6.56. The molecule has 1 fully saturated rings. The Balaban J connectivity index is 1.39. The molecule has 0 radical (unpaired) electrons. The average molecular weight is 494 g/mol. The maximum atomic E-state index is 12.9. The lowest BCUT2D eigenvalue weighted by Gasteiger charge is -2.18. The molecule has 1 aliphatic rings. The van der Waals surface area contributed by atoms with Gasteiger partial charge in [-0.25, -0.2) is 4.98 Å². The molecule has 1 aromatic heterocycles. The molecule has 0 N–H and O–H groups in total. The molecule has 4 aromatic rings. The van der Waals surface area contributed by atoms with Crippen LogP contribution in [-0.2, 0) is 11.3 Å². The summed E-state index contributed by atoms with van der Waals surface area (Å²) in [4.78, 5) is 19.6. The maximum absolute atomic E-state index is 12.9. The topological polar surface area (TPSA) is 47.4 Å². The minimum absolute atomic E-state index is 0.00408. The summed E-state index contributed by atoms with van der Waals surface area (Å²) in [6, 6.07) is 19.4. The van der Waals surface area contributed by atoms with Crippen molar-refractivity contribution < 1.29 is 9.53 Å². The van der Waals surface area contributed by atoms with Gasteiger partial charge in [0.1, 0.15) is 18.2 Å².